The maximum Gasteiger partial charge on any atom is 0.0271 e. The highest BCUT2D eigenvalue weighted by Gasteiger charge is 2.17. The van der Waals surface area contributed by atoms with Gasteiger partial charge in [-0.15, -0.1) is 0 Å². The van der Waals surface area contributed by atoms with Crippen LogP contribution in [0.15, 0.2) is 24.5 Å². The van der Waals surface area contributed by atoms with Crippen LogP contribution in [0.1, 0.15) is 12.5 Å². The number of nitrogens with zero attached hydrogens (tertiary/aromatic N) is 3. The van der Waals surface area contributed by atoms with Crippen molar-refractivity contribution in [2.24, 2.45) is 5.73 Å². The molecular weight excluding hydrogens is 212 g/mol. The third-order valence-corrected chi connectivity index (χ3v) is 3.17. The summed E-state index contributed by atoms with van der Waals surface area (Å²) in [6, 6.07) is 4.46. The van der Waals surface area contributed by atoms with Gasteiger partial charge in [0.05, 0.1) is 0 Å². The molecule has 0 aromatic carbocycles. The van der Waals surface area contributed by atoms with Crippen LogP contribution in [0.4, 0.5) is 0 Å². The number of hydrogen-bond donors (Lipinski definition) is 1. The number of hydrogen-bond acceptors (Lipinski definition) is 4. The summed E-state index contributed by atoms with van der Waals surface area (Å²) in [6.45, 7) is 8.66. The summed E-state index contributed by atoms with van der Waals surface area (Å²) in [7, 11) is 0. The van der Waals surface area contributed by atoms with E-state index in [9.17, 15) is 0 Å². The predicted octanol–water partition coefficient (Wildman–Crippen LogP) is 0.546. The van der Waals surface area contributed by atoms with E-state index in [1.807, 2.05) is 12.4 Å². The van der Waals surface area contributed by atoms with Crippen molar-refractivity contribution in [3.8, 4) is 0 Å². The molecule has 0 saturated carbocycles. The van der Waals surface area contributed by atoms with Gasteiger partial charge >= 0.3 is 0 Å². The monoisotopic (exact) mass is 234 g/mol. The van der Waals surface area contributed by atoms with E-state index in [4.69, 9.17) is 5.73 Å². The highest BCUT2D eigenvalue weighted by molar-refractivity contribution is 5.09. The molecule has 0 radical (unpaired) electrons. The van der Waals surface area contributed by atoms with E-state index in [-0.39, 0.29) is 6.04 Å². The van der Waals surface area contributed by atoms with Gasteiger partial charge in [-0.1, -0.05) is 0 Å². The summed E-state index contributed by atoms with van der Waals surface area (Å²) in [6.07, 6.45) is 3.73. The molecule has 1 aromatic heterocycles. The van der Waals surface area contributed by atoms with Crippen molar-refractivity contribution in [2.45, 2.75) is 19.5 Å². The van der Waals surface area contributed by atoms with Gasteiger partial charge in [0, 0.05) is 57.7 Å². The molecule has 0 spiro atoms. The summed E-state index contributed by atoms with van der Waals surface area (Å²) in [5.41, 5.74) is 7.17. The molecule has 94 valence electrons. The van der Waals surface area contributed by atoms with Gasteiger partial charge < -0.3 is 5.73 Å². The molecule has 1 fully saturated rings. The zero-order chi connectivity index (χ0) is 12.1. The highest BCUT2D eigenvalue weighted by atomic mass is 15.3. The lowest BCUT2D eigenvalue weighted by Crippen LogP contribution is -2.48. The van der Waals surface area contributed by atoms with Gasteiger partial charge in [0.25, 0.3) is 0 Å². The Hall–Kier alpha value is -0.970. The second kappa shape index (κ2) is 6.10. The van der Waals surface area contributed by atoms with Crippen LogP contribution in [0.3, 0.4) is 0 Å². The minimum absolute atomic E-state index is 0.279. The summed E-state index contributed by atoms with van der Waals surface area (Å²) in [5, 5.41) is 0. The van der Waals surface area contributed by atoms with E-state index in [2.05, 4.69) is 33.8 Å². The van der Waals surface area contributed by atoms with E-state index in [1.54, 1.807) is 0 Å². The molecule has 1 aliphatic rings. The number of piperazine rings is 1. The molecular formula is C13H22N4. The quantitative estimate of drug-likeness (QED) is 0.826. The first kappa shape index (κ1) is 12.5. The van der Waals surface area contributed by atoms with Gasteiger partial charge in [0.15, 0.2) is 0 Å². The van der Waals surface area contributed by atoms with Gasteiger partial charge in [-0.2, -0.15) is 0 Å². The Bertz CT molecular complexity index is 317. The van der Waals surface area contributed by atoms with E-state index in [0.717, 1.165) is 39.3 Å². The fraction of sp³-hybridized carbons (Fsp3) is 0.615. The molecule has 0 amide bonds. The molecule has 1 atom stereocenters. The Morgan fingerprint density at radius 2 is 1.76 bits per heavy atom. The fourth-order valence-corrected chi connectivity index (χ4v) is 2.28. The summed E-state index contributed by atoms with van der Waals surface area (Å²) < 4.78 is 0. The van der Waals surface area contributed by atoms with Crippen molar-refractivity contribution in [2.75, 3.05) is 32.7 Å². The van der Waals surface area contributed by atoms with E-state index < -0.39 is 0 Å². The first-order chi connectivity index (χ1) is 8.24. The van der Waals surface area contributed by atoms with Crippen LogP contribution in [0.5, 0.6) is 0 Å². The largest absolute Gasteiger partial charge is 0.327 e. The van der Waals surface area contributed by atoms with E-state index in [1.165, 1.54) is 5.56 Å². The Balaban J connectivity index is 1.76. The molecule has 17 heavy (non-hydrogen) atoms. The highest BCUT2D eigenvalue weighted by Crippen LogP contribution is 2.07. The van der Waals surface area contributed by atoms with E-state index >= 15 is 0 Å². The first-order valence-electron chi connectivity index (χ1n) is 6.33. The van der Waals surface area contributed by atoms with Crippen molar-refractivity contribution in [3.63, 3.8) is 0 Å². The third kappa shape index (κ3) is 4.07. The van der Waals surface area contributed by atoms with Gasteiger partial charge in [-0.3, -0.25) is 14.8 Å². The molecule has 4 nitrogen and oxygen atoms in total. The fourth-order valence-electron chi connectivity index (χ4n) is 2.28. The molecule has 0 bridgehead atoms. The Morgan fingerprint density at radius 3 is 2.35 bits per heavy atom. The van der Waals surface area contributed by atoms with Gasteiger partial charge in [0.1, 0.15) is 0 Å². The predicted molar refractivity (Wildman–Crippen MR) is 69.6 cm³/mol. The SMILES string of the molecule is CC(N)CN1CCN(Cc2ccncc2)CC1. The van der Waals surface area contributed by atoms with Crippen LogP contribution in [-0.4, -0.2) is 53.5 Å². The number of pyridine rings is 1. The number of rotatable bonds is 4. The van der Waals surface area contributed by atoms with Crippen LogP contribution in [0.2, 0.25) is 0 Å². The Labute approximate surface area is 103 Å². The van der Waals surface area contributed by atoms with Crippen LogP contribution in [-0.2, 0) is 6.54 Å². The average Bonchev–Trinajstić information content (AvgIpc) is 2.32. The normalized spacial score (nSPS) is 20.4. The zero-order valence-corrected chi connectivity index (χ0v) is 10.5. The van der Waals surface area contributed by atoms with Crippen molar-refractivity contribution in [3.05, 3.63) is 30.1 Å². The van der Waals surface area contributed by atoms with Crippen LogP contribution >= 0.6 is 0 Å². The second-order valence-corrected chi connectivity index (χ2v) is 4.91. The molecule has 4 heteroatoms. The van der Waals surface area contributed by atoms with Crippen molar-refractivity contribution in [1.82, 2.24) is 14.8 Å². The lowest BCUT2D eigenvalue weighted by Gasteiger charge is -2.35. The molecule has 0 aliphatic carbocycles. The maximum absolute atomic E-state index is 5.82. The van der Waals surface area contributed by atoms with E-state index in [0.29, 0.717) is 0 Å². The summed E-state index contributed by atoms with van der Waals surface area (Å²) in [4.78, 5) is 8.99. The maximum atomic E-state index is 5.82. The second-order valence-electron chi connectivity index (χ2n) is 4.91. The first-order valence-corrected chi connectivity index (χ1v) is 6.33. The average molecular weight is 234 g/mol. The van der Waals surface area contributed by atoms with Crippen molar-refractivity contribution >= 4 is 0 Å². The number of aromatic nitrogens is 1. The molecule has 1 aromatic rings. The molecule has 1 saturated heterocycles. The molecule has 2 rings (SSSR count). The van der Waals surface area contributed by atoms with Gasteiger partial charge in [-0.05, 0) is 24.6 Å². The molecule has 2 heterocycles. The molecule has 1 aliphatic heterocycles. The third-order valence-electron chi connectivity index (χ3n) is 3.17. The minimum Gasteiger partial charge on any atom is -0.327 e. The smallest absolute Gasteiger partial charge is 0.0271 e. The standard InChI is InChI=1S/C13H22N4/c1-12(14)10-16-6-8-17(9-7-16)11-13-2-4-15-5-3-13/h2-5,12H,6-11,14H2,1H3. The zero-order valence-electron chi connectivity index (χ0n) is 10.5. The van der Waals surface area contributed by atoms with Crippen LogP contribution < -0.4 is 5.73 Å². The number of nitrogens with two attached hydrogens (primary N) is 1. The summed E-state index contributed by atoms with van der Waals surface area (Å²) >= 11 is 0. The van der Waals surface area contributed by atoms with Gasteiger partial charge in [0.2, 0.25) is 0 Å². The lowest BCUT2D eigenvalue weighted by molar-refractivity contribution is 0.123. The Morgan fingerprint density at radius 1 is 1.18 bits per heavy atom. The van der Waals surface area contributed by atoms with Gasteiger partial charge in [-0.25, -0.2) is 0 Å². The van der Waals surface area contributed by atoms with Crippen molar-refractivity contribution < 1.29 is 0 Å². The molecule has 2 N–H and O–H groups in total. The lowest BCUT2D eigenvalue weighted by atomic mass is 10.2. The topological polar surface area (TPSA) is 45.4 Å². The minimum atomic E-state index is 0.279. The summed E-state index contributed by atoms with van der Waals surface area (Å²) in [5.74, 6) is 0. The van der Waals surface area contributed by atoms with Crippen LogP contribution in [0.25, 0.3) is 0 Å². The van der Waals surface area contributed by atoms with Crippen LogP contribution in [0, 0.1) is 0 Å². The van der Waals surface area contributed by atoms with Crippen molar-refractivity contribution in [1.29, 1.82) is 0 Å². The molecule has 1 unspecified atom stereocenters. The Kier molecular flexibility index (Phi) is 4.48.